The minimum absolute atomic E-state index is 0.0911. The Morgan fingerprint density at radius 1 is 1.21 bits per heavy atom. The number of benzene rings is 1. The fraction of sp³-hybridized carbons (Fsp3) is 0.500. The van der Waals surface area contributed by atoms with Gasteiger partial charge in [-0.25, -0.2) is 0 Å². The van der Waals surface area contributed by atoms with Crippen LogP contribution in [0.1, 0.15) is 0 Å². The first-order valence-corrected chi connectivity index (χ1v) is 6.64. The highest BCUT2D eigenvalue weighted by atomic mass is 16.2. The molecular weight excluding hydrogens is 240 g/mol. The molecule has 0 unspecified atom stereocenters. The van der Waals surface area contributed by atoms with Crippen molar-refractivity contribution >= 4 is 11.6 Å². The van der Waals surface area contributed by atoms with E-state index < -0.39 is 0 Å². The summed E-state index contributed by atoms with van der Waals surface area (Å²) in [7, 11) is 3.88. The van der Waals surface area contributed by atoms with Crippen LogP contribution in [0.5, 0.6) is 0 Å². The van der Waals surface area contributed by atoms with Gasteiger partial charge < -0.3 is 4.90 Å². The number of piperazine rings is 1. The summed E-state index contributed by atoms with van der Waals surface area (Å²) in [5.74, 6) is 0.0911. The summed E-state index contributed by atoms with van der Waals surface area (Å²) in [5, 5.41) is 1.56. The van der Waals surface area contributed by atoms with Gasteiger partial charge in [-0.3, -0.25) is 20.1 Å². The van der Waals surface area contributed by atoms with E-state index in [-0.39, 0.29) is 5.91 Å². The number of nitrogens with one attached hydrogen (secondary N) is 1. The van der Waals surface area contributed by atoms with Crippen LogP contribution in [0.4, 0.5) is 5.69 Å². The highest BCUT2D eigenvalue weighted by molar-refractivity contribution is 5.79. The summed E-state index contributed by atoms with van der Waals surface area (Å²) >= 11 is 0. The number of hydrogen-bond acceptors (Lipinski definition) is 4. The van der Waals surface area contributed by atoms with Crippen LogP contribution in [-0.2, 0) is 4.79 Å². The van der Waals surface area contributed by atoms with Gasteiger partial charge in [-0.05, 0) is 19.2 Å². The van der Waals surface area contributed by atoms with Crippen molar-refractivity contribution in [1.82, 2.24) is 14.8 Å². The van der Waals surface area contributed by atoms with Gasteiger partial charge in [0, 0.05) is 33.2 Å². The van der Waals surface area contributed by atoms with Crippen LogP contribution >= 0.6 is 0 Å². The van der Waals surface area contributed by atoms with Crippen molar-refractivity contribution in [2.45, 2.75) is 0 Å². The zero-order valence-corrected chi connectivity index (χ0v) is 11.7. The Hall–Kier alpha value is -1.59. The van der Waals surface area contributed by atoms with Crippen molar-refractivity contribution < 1.29 is 4.79 Å². The lowest BCUT2D eigenvalue weighted by atomic mass is 10.3. The second kappa shape index (κ2) is 6.54. The van der Waals surface area contributed by atoms with Crippen molar-refractivity contribution in [3.05, 3.63) is 30.3 Å². The smallest absolute Gasteiger partial charge is 0.254 e. The van der Waals surface area contributed by atoms with Crippen LogP contribution in [0.3, 0.4) is 0 Å². The van der Waals surface area contributed by atoms with Gasteiger partial charge in [-0.2, -0.15) is 0 Å². The number of carbonyl (C=O) groups is 1. The molecule has 0 bridgehead atoms. The normalized spacial score (nSPS) is 17.2. The molecule has 0 radical (unpaired) electrons. The quantitative estimate of drug-likeness (QED) is 0.812. The monoisotopic (exact) mass is 262 g/mol. The Labute approximate surface area is 114 Å². The van der Waals surface area contributed by atoms with Crippen LogP contribution in [-0.4, -0.2) is 67.5 Å². The molecule has 1 fully saturated rings. The molecule has 1 aliphatic rings. The van der Waals surface area contributed by atoms with Crippen molar-refractivity contribution in [3.8, 4) is 0 Å². The van der Waals surface area contributed by atoms with Crippen molar-refractivity contribution in [2.75, 3.05) is 52.2 Å². The average molecular weight is 262 g/mol. The molecular formula is C14H22N4O. The third-order valence-corrected chi connectivity index (χ3v) is 3.40. The lowest BCUT2D eigenvalue weighted by molar-refractivity contribution is -0.130. The molecule has 1 aliphatic heterocycles. The van der Waals surface area contributed by atoms with E-state index in [0.29, 0.717) is 6.54 Å². The molecule has 2 rings (SSSR count). The second-order valence-corrected chi connectivity index (χ2v) is 5.01. The third-order valence-electron chi connectivity index (χ3n) is 3.40. The third kappa shape index (κ3) is 4.22. The Balaban J connectivity index is 1.79. The number of nitrogens with zero attached hydrogens (tertiary/aromatic N) is 3. The Morgan fingerprint density at radius 3 is 2.47 bits per heavy atom. The lowest BCUT2D eigenvalue weighted by Gasteiger charge is -2.32. The molecule has 1 amide bonds. The first-order chi connectivity index (χ1) is 9.15. The van der Waals surface area contributed by atoms with E-state index in [1.165, 1.54) is 0 Å². The predicted octanol–water partition coefficient (Wildman–Crippen LogP) is 0.719. The van der Waals surface area contributed by atoms with E-state index in [0.717, 1.165) is 31.9 Å². The van der Waals surface area contributed by atoms with E-state index in [1.54, 1.807) is 12.1 Å². The number of rotatable bonds is 4. The fourth-order valence-corrected chi connectivity index (χ4v) is 2.07. The highest BCUT2D eigenvalue weighted by Crippen LogP contribution is 2.06. The molecule has 1 heterocycles. The molecule has 0 saturated carbocycles. The van der Waals surface area contributed by atoms with Crippen LogP contribution in [0.25, 0.3) is 0 Å². The SMILES string of the molecule is CN1CCN(CC(=O)N(C)Nc2ccccc2)CC1. The van der Waals surface area contributed by atoms with E-state index >= 15 is 0 Å². The number of likely N-dealkylation sites (N-methyl/N-ethyl adjacent to an activating group) is 2. The Kier molecular flexibility index (Phi) is 4.76. The van der Waals surface area contributed by atoms with Gasteiger partial charge in [0.2, 0.25) is 0 Å². The summed E-state index contributed by atoms with van der Waals surface area (Å²) < 4.78 is 0. The zero-order valence-electron chi connectivity index (χ0n) is 11.7. The molecule has 5 nitrogen and oxygen atoms in total. The lowest BCUT2D eigenvalue weighted by Crippen LogP contribution is -2.49. The van der Waals surface area contributed by atoms with Gasteiger partial charge in [-0.1, -0.05) is 18.2 Å². The molecule has 5 heteroatoms. The van der Waals surface area contributed by atoms with E-state index in [4.69, 9.17) is 0 Å². The van der Waals surface area contributed by atoms with Gasteiger partial charge >= 0.3 is 0 Å². The van der Waals surface area contributed by atoms with E-state index in [2.05, 4.69) is 22.3 Å². The summed E-state index contributed by atoms with van der Waals surface area (Å²) in [6.07, 6.45) is 0. The summed E-state index contributed by atoms with van der Waals surface area (Å²) in [6, 6.07) is 9.73. The molecule has 19 heavy (non-hydrogen) atoms. The largest absolute Gasteiger partial charge is 0.304 e. The second-order valence-electron chi connectivity index (χ2n) is 5.01. The van der Waals surface area contributed by atoms with Crippen LogP contribution in [0.15, 0.2) is 30.3 Å². The number of carbonyl (C=O) groups excluding carboxylic acids is 1. The molecule has 1 aromatic carbocycles. The summed E-state index contributed by atoms with van der Waals surface area (Å²) in [5.41, 5.74) is 4.01. The molecule has 0 aliphatic carbocycles. The number of para-hydroxylation sites is 1. The fourth-order valence-electron chi connectivity index (χ4n) is 2.07. The van der Waals surface area contributed by atoms with E-state index in [1.807, 2.05) is 30.3 Å². The first kappa shape index (κ1) is 13.8. The number of amides is 1. The maximum atomic E-state index is 12.1. The number of anilines is 1. The maximum Gasteiger partial charge on any atom is 0.254 e. The van der Waals surface area contributed by atoms with Crippen molar-refractivity contribution in [2.24, 2.45) is 0 Å². The summed E-state index contributed by atoms with van der Waals surface area (Å²) in [6.45, 7) is 4.46. The standard InChI is InChI=1S/C14H22N4O/c1-16-8-10-18(11-9-16)12-14(19)17(2)15-13-6-4-3-5-7-13/h3-7,15H,8-12H2,1-2H3. The molecule has 0 atom stereocenters. The zero-order chi connectivity index (χ0) is 13.7. The molecule has 104 valence electrons. The minimum atomic E-state index is 0.0911. The van der Waals surface area contributed by atoms with Crippen LogP contribution in [0, 0.1) is 0 Å². The van der Waals surface area contributed by atoms with Crippen molar-refractivity contribution in [1.29, 1.82) is 0 Å². The number of hydrazine groups is 1. The predicted molar refractivity (Wildman–Crippen MR) is 76.8 cm³/mol. The molecule has 0 aromatic heterocycles. The van der Waals surface area contributed by atoms with Gasteiger partial charge in [0.25, 0.3) is 5.91 Å². The maximum absolute atomic E-state index is 12.1. The molecule has 1 aromatic rings. The van der Waals surface area contributed by atoms with Gasteiger partial charge in [-0.15, -0.1) is 0 Å². The molecule has 0 spiro atoms. The average Bonchev–Trinajstić information content (AvgIpc) is 2.42. The van der Waals surface area contributed by atoms with Crippen molar-refractivity contribution in [3.63, 3.8) is 0 Å². The van der Waals surface area contributed by atoms with Crippen LogP contribution in [0.2, 0.25) is 0 Å². The minimum Gasteiger partial charge on any atom is -0.304 e. The van der Waals surface area contributed by atoms with E-state index in [9.17, 15) is 4.79 Å². The van der Waals surface area contributed by atoms with Gasteiger partial charge in [0.15, 0.2) is 0 Å². The Bertz CT molecular complexity index is 401. The molecule has 1 N–H and O–H groups in total. The molecule has 1 saturated heterocycles. The topological polar surface area (TPSA) is 38.8 Å². The van der Waals surface area contributed by atoms with Crippen LogP contribution < -0.4 is 5.43 Å². The van der Waals surface area contributed by atoms with Gasteiger partial charge in [0.05, 0.1) is 12.2 Å². The van der Waals surface area contributed by atoms with Gasteiger partial charge in [0.1, 0.15) is 0 Å². The first-order valence-electron chi connectivity index (χ1n) is 6.64. The number of hydrogen-bond donors (Lipinski definition) is 1. The Morgan fingerprint density at radius 2 is 1.84 bits per heavy atom. The highest BCUT2D eigenvalue weighted by Gasteiger charge is 2.18. The summed E-state index contributed by atoms with van der Waals surface area (Å²) in [4.78, 5) is 16.6.